The highest BCUT2D eigenvalue weighted by molar-refractivity contribution is 7.80. The van der Waals surface area contributed by atoms with Crippen molar-refractivity contribution in [1.29, 1.82) is 0 Å². The summed E-state index contributed by atoms with van der Waals surface area (Å²) in [6.07, 6.45) is 7.28. The molecule has 1 aliphatic carbocycles. The Labute approximate surface area is 230 Å². The second-order valence-electron chi connectivity index (χ2n) is 9.11. The Morgan fingerprint density at radius 3 is 2.76 bits per heavy atom. The van der Waals surface area contributed by atoms with Gasteiger partial charge in [0.25, 0.3) is 0 Å². The molecule has 0 aliphatic heterocycles. The summed E-state index contributed by atoms with van der Waals surface area (Å²) in [5.41, 5.74) is 6.29. The molecule has 5 rings (SSSR count). The van der Waals surface area contributed by atoms with Gasteiger partial charge in [0.1, 0.15) is 0 Å². The molecule has 2 aromatic heterocycles. The van der Waals surface area contributed by atoms with Crippen molar-refractivity contribution in [3.63, 3.8) is 0 Å². The fourth-order valence-electron chi connectivity index (χ4n) is 4.64. The maximum Gasteiger partial charge on any atom is 0.227 e. The van der Waals surface area contributed by atoms with E-state index >= 15 is 0 Å². The van der Waals surface area contributed by atoms with Crippen LogP contribution in [-0.2, 0) is 32.9 Å². The quantitative estimate of drug-likeness (QED) is 0.161. The summed E-state index contributed by atoms with van der Waals surface area (Å²) >= 11 is 0.327. The second-order valence-corrected chi connectivity index (χ2v) is 11.5. The standard InChI is InChI=1S/C29H32N4O3S2/c1-4-5-6-15-33(35-2)23-11-7-9-20(16-23)27-18-25-26(37-27)14-13-21-19-30-29(32-28(21)25)31-22-10-8-12-24(17-22)38(34)36-3/h7-12,16-19H,4-6,13-15H2,1-3H3,(H,30,31,32). The van der Waals surface area contributed by atoms with Crippen LogP contribution < -0.4 is 10.4 Å². The van der Waals surface area contributed by atoms with Crippen LogP contribution in [0.25, 0.3) is 21.7 Å². The van der Waals surface area contributed by atoms with Crippen molar-refractivity contribution < 1.29 is 13.2 Å². The van der Waals surface area contributed by atoms with E-state index < -0.39 is 11.1 Å². The number of thiophene rings is 1. The van der Waals surface area contributed by atoms with Crippen LogP contribution >= 0.6 is 11.3 Å². The Balaban J connectivity index is 1.41. The zero-order valence-corrected chi connectivity index (χ0v) is 23.5. The van der Waals surface area contributed by atoms with Gasteiger partial charge in [0, 0.05) is 33.7 Å². The summed E-state index contributed by atoms with van der Waals surface area (Å²) in [5.74, 6) is 0.509. The summed E-state index contributed by atoms with van der Waals surface area (Å²) in [5, 5.41) is 5.24. The van der Waals surface area contributed by atoms with Crippen LogP contribution in [0.15, 0.2) is 65.7 Å². The minimum absolute atomic E-state index is 0.509. The van der Waals surface area contributed by atoms with Crippen molar-refractivity contribution in [2.45, 2.75) is 43.9 Å². The van der Waals surface area contributed by atoms with Crippen molar-refractivity contribution in [2.24, 2.45) is 0 Å². The van der Waals surface area contributed by atoms with Crippen LogP contribution in [0.4, 0.5) is 17.3 Å². The monoisotopic (exact) mass is 548 g/mol. The van der Waals surface area contributed by atoms with Gasteiger partial charge in [-0.05, 0) is 66.8 Å². The molecule has 1 atom stereocenters. The molecule has 38 heavy (non-hydrogen) atoms. The zero-order chi connectivity index (χ0) is 26.5. The fraction of sp³-hybridized carbons (Fsp3) is 0.310. The van der Waals surface area contributed by atoms with Crippen LogP contribution in [0.1, 0.15) is 36.6 Å². The summed E-state index contributed by atoms with van der Waals surface area (Å²) < 4.78 is 17.0. The molecular weight excluding hydrogens is 516 g/mol. The van der Waals surface area contributed by atoms with Gasteiger partial charge >= 0.3 is 0 Å². The van der Waals surface area contributed by atoms with Gasteiger partial charge in [-0.25, -0.2) is 14.2 Å². The van der Waals surface area contributed by atoms with E-state index in [9.17, 15) is 4.21 Å². The number of hydroxylamine groups is 1. The molecule has 0 radical (unpaired) electrons. The molecule has 0 fully saturated rings. The largest absolute Gasteiger partial charge is 0.324 e. The van der Waals surface area contributed by atoms with Crippen molar-refractivity contribution in [3.8, 4) is 21.7 Å². The number of aryl methyl sites for hydroxylation is 2. The van der Waals surface area contributed by atoms with E-state index in [1.165, 1.54) is 40.8 Å². The predicted molar refractivity (Wildman–Crippen MR) is 155 cm³/mol. The number of nitrogens with one attached hydrogen (secondary N) is 1. The minimum Gasteiger partial charge on any atom is -0.324 e. The number of unbranched alkanes of at least 4 members (excludes halogenated alkanes) is 2. The van der Waals surface area contributed by atoms with Gasteiger partial charge in [0.2, 0.25) is 5.95 Å². The summed E-state index contributed by atoms with van der Waals surface area (Å²) in [6, 6.07) is 18.1. The first-order valence-corrected chi connectivity index (χ1v) is 14.7. The number of fused-ring (bicyclic) bond motifs is 3. The van der Waals surface area contributed by atoms with Gasteiger partial charge in [-0.1, -0.05) is 38.0 Å². The topological polar surface area (TPSA) is 76.6 Å². The van der Waals surface area contributed by atoms with E-state index in [0.29, 0.717) is 10.8 Å². The molecule has 2 heterocycles. The van der Waals surface area contributed by atoms with E-state index in [-0.39, 0.29) is 0 Å². The fourth-order valence-corrected chi connectivity index (χ4v) is 6.40. The molecule has 7 nitrogen and oxygen atoms in total. The molecule has 0 bridgehead atoms. The molecule has 9 heteroatoms. The van der Waals surface area contributed by atoms with Crippen molar-refractivity contribution >= 4 is 39.7 Å². The van der Waals surface area contributed by atoms with Gasteiger partial charge in [-0.15, -0.1) is 11.3 Å². The molecule has 0 saturated heterocycles. The lowest BCUT2D eigenvalue weighted by Crippen LogP contribution is -2.22. The number of rotatable bonds is 11. The van der Waals surface area contributed by atoms with Gasteiger partial charge in [-0.2, -0.15) is 0 Å². The normalized spacial score (nSPS) is 13.0. The van der Waals surface area contributed by atoms with E-state index in [1.807, 2.05) is 34.7 Å². The van der Waals surface area contributed by atoms with Crippen molar-refractivity contribution in [2.75, 3.05) is 31.1 Å². The Bertz CT molecular complexity index is 1440. The summed E-state index contributed by atoms with van der Waals surface area (Å²) in [7, 11) is 3.16. The molecule has 198 valence electrons. The first-order chi connectivity index (χ1) is 18.6. The van der Waals surface area contributed by atoms with Gasteiger partial charge in [0.15, 0.2) is 11.1 Å². The Kier molecular flexibility index (Phi) is 8.48. The molecule has 4 aromatic rings. The Morgan fingerprint density at radius 2 is 1.95 bits per heavy atom. The molecule has 0 saturated carbocycles. The number of aromatic nitrogens is 2. The van der Waals surface area contributed by atoms with Gasteiger partial charge in [-0.3, -0.25) is 14.1 Å². The van der Waals surface area contributed by atoms with E-state index in [4.69, 9.17) is 14.0 Å². The number of anilines is 3. The average Bonchev–Trinajstić information content (AvgIpc) is 3.40. The molecule has 1 aliphatic rings. The van der Waals surface area contributed by atoms with Crippen LogP contribution in [0.2, 0.25) is 0 Å². The summed E-state index contributed by atoms with van der Waals surface area (Å²) in [6.45, 7) is 3.08. The molecular formula is C29H32N4O3S2. The van der Waals surface area contributed by atoms with Gasteiger partial charge in [0.05, 0.1) is 30.5 Å². The molecule has 1 unspecified atom stereocenters. The second kappa shape index (κ2) is 12.2. The lowest BCUT2D eigenvalue weighted by Gasteiger charge is -2.22. The highest BCUT2D eigenvalue weighted by atomic mass is 32.2. The van der Waals surface area contributed by atoms with Crippen molar-refractivity contribution in [1.82, 2.24) is 9.97 Å². The smallest absolute Gasteiger partial charge is 0.227 e. The van der Waals surface area contributed by atoms with Crippen LogP contribution in [0, 0.1) is 0 Å². The minimum atomic E-state index is -1.50. The van der Waals surface area contributed by atoms with Crippen LogP contribution in [-0.4, -0.2) is 34.9 Å². The Morgan fingerprint density at radius 1 is 1.08 bits per heavy atom. The number of benzene rings is 2. The maximum absolute atomic E-state index is 12.0. The third-order valence-electron chi connectivity index (χ3n) is 6.59. The van der Waals surface area contributed by atoms with Gasteiger partial charge < -0.3 is 5.32 Å². The highest BCUT2D eigenvalue weighted by Crippen LogP contribution is 2.42. The molecule has 1 N–H and O–H groups in total. The molecule has 2 aromatic carbocycles. The zero-order valence-electron chi connectivity index (χ0n) is 21.9. The maximum atomic E-state index is 12.0. The van der Waals surface area contributed by atoms with E-state index in [0.717, 1.165) is 48.4 Å². The first-order valence-electron chi connectivity index (χ1n) is 12.8. The Hall–Kier alpha value is -3.11. The average molecular weight is 549 g/mol. The number of hydrogen-bond acceptors (Lipinski definition) is 8. The highest BCUT2D eigenvalue weighted by Gasteiger charge is 2.22. The van der Waals surface area contributed by atoms with Crippen molar-refractivity contribution in [3.05, 3.63) is 71.2 Å². The third kappa shape index (κ3) is 5.81. The van der Waals surface area contributed by atoms with E-state index in [2.05, 4.69) is 47.6 Å². The SMILES string of the molecule is CCCCCN(OC)c1cccc(-c2cc3c(s2)CCc2cnc(Nc4cccc(S(=O)OC)c4)nc2-3)c1. The predicted octanol–water partition coefficient (Wildman–Crippen LogP) is 6.94. The summed E-state index contributed by atoms with van der Waals surface area (Å²) in [4.78, 5) is 18.3. The third-order valence-corrected chi connectivity index (χ3v) is 8.77. The number of nitrogens with zero attached hydrogens (tertiary/aromatic N) is 3. The number of hydrogen-bond donors (Lipinski definition) is 1. The lowest BCUT2D eigenvalue weighted by molar-refractivity contribution is 0.165. The lowest BCUT2D eigenvalue weighted by atomic mass is 9.96. The molecule has 0 spiro atoms. The first kappa shape index (κ1) is 26.5. The van der Waals surface area contributed by atoms with Crippen LogP contribution in [0.3, 0.4) is 0 Å². The van der Waals surface area contributed by atoms with E-state index in [1.54, 1.807) is 19.2 Å². The van der Waals surface area contributed by atoms with Crippen LogP contribution in [0.5, 0.6) is 0 Å². The molecule has 0 amide bonds.